The molecule has 6 nitrogen and oxygen atoms in total. The SMILES string of the molecule is C=C(O)CCC1C(=O)N(c2ncc(Cl)cc2F)CC(=O)N1Cc1ccc(C(F)F)cc1. The molecule has 1 atom stereocenters. The minimum atomic E-state index is -2.62. The van der Waals surface area contributed by atoms with Gasteiger partial charge >= 0.3 is 0 Å². The minimum absolute atomic E-state index is 0.0129. The molecule has 1 aliphatic heterocycles. The Hall–Kier alpha value is -3.07. The van der Waals surface area contributed by atoms with Gasteiger partial charge in [-0.1, -0.05) is 42.4 Å². The average molecular weight is 454 g/mol. The largest absolute Gasteiger partial charge is 0.513 e. The number of alkyl halides is 2. The Balaban J connectivity index is 1.89. The Morgan fingerprint density at radius 1 is 1.29 bits per heavy atom. The van der Waals surface area contributed by atoms with Crippen LogP contribution < -0.4 is 4.90 Å². The first-order chi connectivity index (χ1) is 14.7. The van der Waals surface area contributed by atoms with Crippen molar-refractivity contribution in [1.82, 2.24) is 9.88 Å². The standard InChI is InChI=1S/C21H19ClF3N3O3/c1-12(29)2-7-17-21(31)28(20-16(23)8-15(22)9-26-20)11-18(30)27(17)10-13-3-5-14(6-4-13)19(24)25/h3-6,8-9,17,19,29H,1-2,7,10-11H2. The molecule has 0 bridgehead atoms. The summed E-state index contributed by atoms with van der Waals surface area (Å²) in [6.07, 6.45) is -1.37. The van der Waals surface area contributed by atoms with Gasteiger partial charge in [-0.05, 0) is 18.1 Å². The quantitative estimate of drug-likeness (QED) is 0.630. The van der Waals surface area contributed by atoms with Gasteiger partial charge in [0.2, 0.25) is 5.91 Å². The number of aliphatic hydroxyl groups excluding tert-OH is 1. The third-order valence-corrected chi connectivity index (χ3v) is 5.08. The van der Waals surface area contributed by atoms with Crippen molar-refractivity contribution in [3.05, 3.63) is 70.8 Å². The first kappa shape index (κ1) is 22.6. The van der Waals surface area contributed by atoms with Crippen LogP contribution in [0.1, 0.15) is 30.4 Å². The van der Waals surface area contributed by atoms with E-state index in [0.717, 1.165) is 11.0 Å². The number of piperazine rings is 1. The fourth-order valence-corrected chi connectivity index (χ4v) is 3.47. The zero-order chi connectivity index (χ0) is 22.7. The van der Waals surface area contributed by atoms with E-state index in [4.69, 9.17) is 11.6 Å². The van der Waals surface area contributed by atoms with Crippen LogP contribution in [0.4, 0.5) is 19.0 Å². The van der Waals surface area contributed by atoms with E-state index in [0.29, 0.717) is 5.56 Å². The van der Waals surface area contributed by atoms with Crippen LogP contribution in [0, 0.1) is 5.82 Å². The van der Waals surface area contributed by atoms with E-state index in [1.54, 1.807) is 0 Å². The van der Waals surface area contributed by atoms with Crippen molar-refractivity contribution in [3.8, 4) is 0 Å². The molecule has 2 aromatic rings. The Kier molecular flexibility index (Phi) is 6.84. The molecule has 1 fully saturated rings. The molecule has 1 saturated heterocycles. The molecule has 2 heterocycles. The van der Waals surface area contributed by atoms with Crippen LogP contribution in [-0.2, 0) is 16.1 Å². The molecule has 0 aliphatic carbocycles. The molecular weight excluding hydrogens is 435 g/mol. The minimum Gasteiger partial charge on any atom is -0.513 e. The number of nitrogens with zero attached hydrogens (tertiary/aromatic N) is 3. The number of hydrogen-bond acceptors (Lipinski definition) is 4. The lowest BCUT2D eigenvalue weighted by Crippen LogP contribution is -2.60. The van der Waals surface area contributed by atoms with Crippen LogP contribution >= 0.6 is 11.6 Å². The lowest BCUT2D eigenvalue weighted by molar-refractivity contribution is -0.144. The van der Waals surface area contributed by atoms with Gasteiger partial charge in [-0.25, -0.2) is 18.2 Å². The van der Waals surface area contributed by atoms with Crippen molar-refractivity contribution < 1.29 is 27.9 Å². The molecule has 1 aliphatic rings. The topological polar surface area (TPSA) is 73.7 Å². The van der Waals surface area contributed by atoms with E-state index in [1.807, 2.05) is 0 Å². The molecule has 1 N–H and O–H groups in total. The van der Waals surface area contributed by atoms with Crippen LogP contribution in [0.2, 0.25) is 5.02 Å². The fourth-order valence-electron chi connectivity index (χ4n) is 3.32. The molecule has 3 rings (SSSR count). The molecule has 1 aromatic carbocycles. The second kappa shape index (κ2) is 9.38. The summed E-state index contributed by atoms with van der Waals surface area (Å²) in [5.41, 5.74) is 0.385. The highest BCUT2D eigenvalue weighted by Crippen LogP contribution is 2.27. The highest BCUT2D eigenvalue weighted by Gasteiger charge is 2.41. The number of aromatic nitrogens is 1. The van der Waals surface area contributed by atoms with E-state index in [1.165, 1.54) is 35.4 Å². The molecule has 31 heavy (non-hydrogen) atoms. The highest BCUT2D eigenvalue weighted by atomic mass is 35.5. The van der Waals surface area contributed by atoms with E-state index >= 15 is 0 Å². The number of hydrogen-bond donors (Lipinski definition) is 1. The average Bonchev–Trinajstić information content (AvgIpc) is 2.70. The van der Waals surface area contributed by atoms with Crippen molar-refractivity contribution in [3.63, 3.8) is 0 Å². The predicted octanol–water partition coefficient (Wildman–Crippen LogP) is 4.41. The van der Waals surface area contributed by atoms with Gasteiger partial charge in [0.1, 0.15) is 12.6 Å². The Morgan fingerprint density at radius 3 is 2.55 bits per heavy atom. The Bertz CT molecular complexity index is 1000. The van der Waals surface area contributed by atoms with Crippen molar-refractivity contribution in [2.45, 2.75) is 31.9 Å². The van der Waals surface area contributed by atoms with Crippen LogP contribution in [0.15, 0.2) is 48.9 Å². The molecule has 0 spiro atoms. The fraction of sp³-hybridized carbons (Fsp3) is 0.286. The van der Waals surface area contributed by atoms with Crippen LogP contribution in [0.25, 0.3) is 0 Å². The maximum absolute atomic E-state index is 14.3. The number of anilines is 1. The highest BCUT2D eigenvalue weighted by molar-refractivity contribution is 6.30. The summed E-state index contributed by atoms with van der Waals surface area (Å²) in [6, 6.07) is 5.36. The smallest absolute Gasteiger partial charge is 0.263 e. The normalized spacial score (nSPS) is 16.9. The van der Waals surface area contributed by atoms with E-state index < -0.39 is 36.6 Å². The number of pyridine rings is 1. The summed E-state index contributed by atoms with van der Waals surface area (Å²) >= 11 is 5.71. The summed E-state index contributed by atoms with van der Waals surface area (Å²) in [6.45, 7) is 2.93. The van der Waals surface area contributed by atoms with Crippen molar-refractivity contribution in [2.75, 3.05) is 11.4 Å². The maximum atomic E-state index is 14.3. The molecule has 0 radical (unpaired) electrons. The van der Waals surface area contributed by atoms with E-state index in [9.17, 15) is 27.9 Å². The monoisotopic (exact) mass is 453 g/mol. The molecule has 10 heteroatoms. The molecule has 0 saturated carbocycles. The van der Waals surface area contributed by atoms with Crippen LogP contribution in [-0.4, -0.2) is 39.4 Å². The third kappa shape index (κ3) is 5.16. The molecular formula is C21H19ClF3N3O3. The van der Waals surface area contributed by atoms with Gasteiger partial charge in [0.25, 0.3) is 12.3 Å². The number of allylic oxidation sites excluding steroid dienone is 1. The Morgan fingerprint density at radius 2 is 1.97 bits per heavy atom. The maximum Gasteiger partial charge on any atom is 0.263 e. The summed E-state index contributed by atoms with van der Waals surface area (Å²) in [4.78, 5) is 32.1. The number of carbonyl (C=O) groups is 2. The van der Waals surface area contributed by atoms with Crippen molar-refractivity contribution >= 4 is 29.2 Å². The zero-order valence-electron chi connectivity index (χ0n) is 16.3. The number of halogens is 4. The van der Waals surface area contributed by atoms with Gasteiger partial charge in [0.05, 0.1) is 10.8 Å². The molecule has 1 unspecified atom stereocenters. The number of benzene rings is 1. The predicted molar refractivity (Wildman–Crippen MR) is 108 cm³/mol. The van der Waals surface area contributed by atoms with E-state index in [-0.39, 0.29) is 41.5 Å². The van der Waals surface area contributed by atoms with E-state index in [2.05, 4.69) is 11.6 Å². The summed E-state index contributed by atoms with van der Waals surface area (Å²) in [5.74, 6) is -2.41. The number of carbonyl (C=O) groups excluding carboxylic acids is 2. The van der Waals surface area contributed by atoms with Crippen molar-refractivity contribution in [1.29, 1.82) is 0 Å². The lowest BCUT2D eigenvalue weighted by atomic mass is 10.0. The van der Waals surface area contributed by atoms with Crippen molar-refractivity contribution in [2.24, 2.45) is 0 Å². The van der Waals surface area contributed by atoms with Gasteiger partial charge in [0, 0.05) is 24.7 Å². The van der Waals surface area contributed by atoms with Gasteiger partial charge < -0.3 is 10.0 Å². The van der Waals surface area contributed by atoms with Crippen LogP contribution in [0.3, 0.4) is 0 Å². The second-order valence-electron chi connectivity index (χ2n) is 7.07. The summed E-state index contributed by atoms with van der Waals surface area (Å²) in [7, 11) is 0. The summed E-state index contributed by atoms with van der Waals surface area (Å²) in [5, 5.41) is 9.51. The molecule has 1 aromatic heterocycles. The third-order valence-electron chi connectivity index (χ3n) is 4.88. The lowest BCUT2D eigenvalue weighted by Gasteiger charge is -2.40. The summed E-state index contributed by atoms with van der Waals surface area (Å²) < 4.78 is 39.9. The second-order valence-corrected chi connectivity index (χ2v) is 7.50. The number of rotatable bonds is 7. The van der Waals surface area contributed by atoms with Gasteiger partial charge in [-0.3, -0.25) is 14.5 Å². The molecule has 164 valence electrons. The number of amides is 2. The van der Waals surface area contributed by atoms with Gasteiger partial charge in [-0.2, -0.15) is 0 Å². The zero-order valence-corrected chi connectivity index (χ0v) is 17.0. The van der Waals surface area contributed by atoms with Crippen LogP contribution in [0.5, 0.6) is 0 Å². The Labute approximate surface area is 181 Å². The first-order valence-electron chi connectivity index (χ1n) is 9.33. The van der Waals surface area contributed by atoms with Gasteiger partial charge in [0.15, 0.2) is 11.6 Å². The molecule has 2 amide bonds. The first-order valence-corrected chi connectivity index (χ1v) is 9.70. The number of aliphatic hydroxyl groups is 1. The van der Waals surface area contributed by atoms with Gasteiger partial charge in [-0.15, -0.1) is 0 Å².